The monoisotopic (exact) mass is 536 g/mol. The number of rotatable bonds is 12. The highest BCUT2D eigenvalue weighted by Gasteiger charge is 2.13. The summed E-state index contributed by atoms with van der Waals surface area (Å²) in [6, 6.07) is 6.45. The van der Waals surface area contributed by atoms with Crippen molar-refractivity contribution in [3.8, 4) is 11.5 Å². The fourth-order valence-corrected chi connectivity index (χ4v) is 3.23. The van der Waals surface area contributed by atoms with Gasteiger partial charge in [-0.15, -0.1) is 24.0 Å². The minimum absolute atomic E-state index is 0. The molecular formula is C22H41IN4O3. The van der Waals surface area contributed by atoms with Crippen LogP contribution < -0.4 is 20.1 Å². The smallest absolute Gasteiger partial charge is 0.191 e. The van der Waals surface area contributed by atoms with Crippen molar-refractivity contribution in [1.82, 2.24) is 15.5 Å². The lowest BCUT2D eigenvalue weighted by atomic mass is 10.1. The van der Waals surface area contributed by atoms with Gasteiger partial charge in [-0.1, -0.05) is 0 Å². The van der Waals surface area contributed by atoms with Gasteiger partial charge in [-0.25, -0.2) is 0 Å². The molecule has 1 aromatic carbocycles. The van der Waals surface area contributed by atoms with Crippen LogP contribution in [-0.2, 0) is 0 Å². The van der Waals surface area contributed by atoms with Gasteiger partial charge in [0.05, 0.1) is 26.9 Å². The molecule has 1 rings (SSSR count). The summed E-state index contributed by atoms with van der Waals surface area (Å²) in [5.74, 6) is 2.00. The number of nitrogens with one attached hydrogen (secondary N) is 2. The molecule has 30 heavy (non-hydrogen) atoms. The number of aliphatic hydroxyl groups excluding tert-OH is 1. The maximum Gasteiger partial charge on any atom is 0.191 e. The summed E-state index contributed by atoms with van der Waals surface area (Å²) in [4.78, 5) is 7.01. The molecule has 1 atom stereocenters. The van der Waals surface area contributed by atoms with Crippen molar-refractivity contribution in [1.29, 1.82) is 0 Å². The molecule has 1 unspecified atom stereocenters. The minimum Gasteiger partial charge on any atom is -0.497 e. The summed E-state index contributed by atoms with van der Waals surface area (Å²) in [6.45, 7) is 13.8. The predicted octanol–water partition coefficient (Wildman–Crippen LogP) is 3.42. The molecule has 0 radical (unpaired) electrons. The summed E-state index contributed by atoms with van der Waals surface area (Å²) >= 11 is 0. The summed E-state index contributed by atoms with van der Waals surface area (Å²) in [6.07, 6.45) is 0.281. The van der Waals surface area contributed by atoms with E-state index in [-0.39, 0.29) is 30.5 Å². The molecule has 0 aliphatic rings. The van der Waals surface area contributed by atoms with Gasteiger partial charge >= 0.3 is 0 Å². The van der Waals surface area contributed by atoms with Gasteiger partial charge in [0, 0.05) is 37.8 Å². The first-order valence-corrected chi connectivity index (χ1v) is 10.5. The van der Waals surface area contributed by atoms with E-state index in [2.05, 4.69) is 48.2 Å². The molecule has 0 aliphatic heterocycles. The lowest BCUT2D eigenvalue weighted by Crippen LogP contribution is -2.41. The molecule has 0 bridgehead atoms. The standard InChI is InChI=1S/C22H40N4O3.HI/c1-8-23-22(24-10-9-11-26(16(2)3)17(4)5)25-15-21(27)18-12-19(28-6)14-20(13-18)29-7;/h12-14,16-17,21,27H,8-11,15H2,1-7H3,(H2,23,24,25);1H. The molecule has 3 N–H and O–H groups in total. The highest BCUT2D eigenvalue weighted by atomic mass is 127. The molecule has 0 amide bonds. The maximum absolute atomic E-state index is 10.6. The normalized spacial score (nSPS) is 12.7. The van der Waals surface area contributed by atoms with Crippen LogP contribution in [0.25, 0.3) is 0 Å². The molecule has 1 aromatic rings. The third-order valence-corrected chi connectivity index (χ3v) is 4.74. The number of hydrogen-bond donors (Lipinski definition) is 3. The number of halogens is 1. The van der Waals surface area contributed by atoms with E-state index < -0.39 is 6.10 Å². The van der Waals surface area contributed by atoms with E-state index in [1.807, 2.05) is 6.92 Å². The van der Waals surface area contributed by atoms with Gasteiger partial charge < -0.3 is 25.2 Å². The Kier molecular flexibility index (Phi) is 14.9. The highest BCUT2D eigenvalue weighted by molar-refractivity contribution is 14.0. The molecule has 0 aliphatic carbocycles. The van der Waals surface area contributed by atoms with Gasteiger partial charge in [-0.05, 0) is 58.7 Å². The number of guanidine groups is 1. The molecule has 0 saturated heterocycles. The average Bonchev–Trinajstić information content (AvgIpc) is 2.70. The number of aliphatic hydroxyl groups is 1. The molecule has 8 heteroatoms. The SMILES string of the molecule is CCNC(=NCC(O)c1cc(OC)cc(OC)c1)NCCCN(C(C)C)C(C)C.I. The first kappa shape index (κ1) is 28.7. The van der Waals surface area contributed by atoms with Crippen molar-refractivity contribution in [2.75, 3.05) is 40.4 Å². The zero-order chi connectivity index (χ0) is 21.8. The van der Waals surface area contributed by atoms with Gasteiger partial charge in [-0.2, -0.15) is 0 Å². The molecule has 174 valence electrons. The van der Waals surface area contributed by atoms with E-state index in [0.29, 0.717) is 35.1 Å². The number of benzene rings is 1. The van der Waals surface area contributed by atoms with Crippen molar-refractivity contribution in [3.63, 3.8) is 0 Å². The van der Waals surface area contributed by atoms with E-state index in [9.17, 15) is 5.11 Å². The van der Waals surface area contributed by atoms with E-state index >= 15 is 0 Å². The van der Waals surface area contributed by atoms with Gasteiger partial charge in [0.15, 0.2) is 5.96 Å². The van der Waals surface area contributed by atoms with Gasteiger partial charge in [0.1, 0.15) is 11.5 Å². The topological polar surface area (TPSA) is 78.4 Å². The molecule has 0 spiro atoms. The first-order valence-electron chi connectivity index (χ1n) is 10.5. The second-order valence-electron chi connectivity index (χ2n) is 7.59. The summed E-state index contributed by atoms with van der Waals surface area (Å²) in [7, 11) is 3.19. The summed E-state index contributed by atoms with van der Waals surface area (Å²) in [5, 5.41) is 17.2. The zero-order valence-corrected chi connectivity index (χ0v) is 21.9. The van der Waals surface area contributed by atoms with E-state index in [4.69, 9.17) is 9.47 Å². The summed E-state index contributed by atoms with van der Waals surface area (Å²) < 4.78 is 10.5. The van der Waals surface area contributed by atoms with Crippen molar-refractivity contribution in [2.24, 2.45) is 4.99 Å². The fourth-order valence-electron chi connectivity index (χ4n) is 3.23. The zero-order valence-electron chi connectivity index (χ0n) is 19.6. The Balaban J connectivity index is 0.00000841. The van der Waals surface area contributed by atoms with Crippen LogP contribution in [0.1, 0.15) is 52.7 Å². The van der Waals surface area contributed by atoms with Crippen LogP contribution in [0.15, 0.2) is 23.2 Å². The minimum atomic E-state index is -0.744. The molecule has 7 nitrogen and oxygen atoms in total. The van der Waals surface area contributed by atoms with Crippen LogP contribution in [0.2, 0.25) is 0 Å². The number of hydrogen-bond acceptors (Lipinski definition) is 5. The molecule has 0 aromatic heterocycles. The van der Waals surface area contributed by atoms with Crippen LogP contribution in [0.5, 0.6) is 11.5 Å². The molecule has 0 saturated carbocycles. The predicted molar refractivity (Wildman–Crippen MR) is 135 cm³/mol. The fraction of sp³-hybridized carbons (Fsp3) is 0.682. The van der Waals surface area contributed by atoms with Crippen LogP contribution >= 0.6 is 24.0 Å². The average molecular weight is 536 g/mol. The van der Waals surface area contributed by atoms with Crippen LogP contribution in [0.4, 0.5) is 0 Å². The maximum atomic E-state index is 10.6. The Morgan fingerprint density at radius 1 is 1.03 bits per heavy atom. The number of ether oxygens (including phenoxy) is 2. The summed E-state index contributed by atoms with van der Waals surface area (Å²) in [5.41, 5.74) is 0.713. The van der Waals surface area contributed by atoms with E-state index in [0.717, 1.165) is 26.1 Å². The van der Waals surface area contributed by atoms with E-state index in [1.54, 1.807) is 32.4 Å². The van der Waals surface area contributed by atoms with Crippen LogP contribution in [0.3, 0.4) is 0 Å². The number of methoxy groups -OCH3 is 2. The molecule has 0 fully saturated rings. The van der Waals surface area contributed by atoms with Crippen molar-refractivity contribution >= 4 is 29.9 Å². The van der Waals surface area contributed by atoms with Gasteiger partial charge in [0.2, 0.25) is 0 Å². The van der Waals surface area contributed by atoms with Gasteiger partial charge in [0.25, 0.3) is 0 Å². The molecular weight excluding hydrogens is 495 g/mol. The van der Waals surface area contributed by atoms with Crippen LogP contribution in [0, 0.1) is 0 Å². The van der Waals surface area contributed by atoms with Gasteiger partial charge in [-0.3, -0.25) is 9.89 Å². The second-order valence-corrected chi connectivity index (χ2v) is 7.59. The quantitative estimate of drug-likeness (QED) is 0.165. The lowest BCUT2D eigenvalue weighted by molar-refractivity contribution is 0.173. The molecule has 0 heterocycles. The number of nitrogens with zero attached hydrogens (tertiary/aromatic N) is 2. The van der Waals surface area contributed by atoms with Crippen molar-refractivity contribution in [2.45, 2.75) is 59.2 Å². The Morgan fingerprint density at radius 3 is 2.07 bits per heavy atom. The largest absolute Gasteiger partial charge is 0.497 e. The van der Waals surface area contributed by atoms with Crippen LogP contribution in [-0.4, -0.2) is 68.4 Å². The second kappa shape index (κ2) is 15.5. The Labute approximate surface area is 199 Å². The van der Waals surface area contributed by atoms with Crippen molar-refractivity contribution in [3.05, 3.63) is 23.8 Å². The van der Waals surface area contributed by atoms with E-state index in [1.165, 1.54) is 0 Å². The first-order chi connectivity index (χ1) is 13.8. The van der Waals surface area contributed by atoms with Crippen molar-refractivity contribution < 1.29 is 14.6 Å². The lowest BCUT2D eigenvalue weighted by Gasteiger charge is -2.30. The third kappa shape index (κ3) is 10.2. The Bertz CT molecular complexity index is 596. The Morgan fingerprint density at radius 2 is 1.60 bits per heavy atom. The highest BCUT2D eigenvalue weighted by Crippen LogP contribution is 2.26. The number of aliphatic imine (C=N–C) groups is 1. The third-order valence-electron chi connectivity index (χ3n) is 4.74. The Hall–Kier alpha value is -1.26.